The summed E-state index contributed by atoms with van der Waals surface area (Å²) in [4.78, 5) is 15.8. The van der Waals surface area contributed by atoms with Gasteiger partial charge in [-0.1, -0.05) is 0 Å². The summed E-state index contributed by atoms with van der Waals surface area (Å²) in [6.45, 7) is 4.15. The van der Waals surface area contributed by atoms with Crippen LogP contribution in [-0.4, -0.2) is 43.4 Å². The fourth-order valence-electron chi connectivity index (χ4n) is 4.31. The normalized spacial score (nSPS) is 22.0. The monoisotopic (exact) mass is 354 g/mol. The van der Waals surface area contributed by atoms with Crippen LogP contribution in [0.15, 0.2) is 36.4 Å². The molecule has 1 aliphatic carbocycles. The van der Waals surface area contributed by atoms with Gasteiger partial charge in [-0.2, -0.15) is 0 Å². The molecule has 1 saturated carbocycles. The lowest BCUT2D eigenvalue weighted by molar-refractivity contribution is 0.185. The van der Waals surface area contributed by atoms with Gasteiger partial charge in [-0.3, -0.25) is 14.3 Å². The molecule has 0 aromatic carbocycles. The fraction of sp³-hybridized carbons (Fsp3) is 0.500. The van der Waals surface area contributed by atoms with Gasteiger partial charge in [-0.25, -0.2) is 9.97 Å². The summed E-state index contributed by atoms with van der Waals surface area (Å²) in [5.41, 5.74) is 2.66. The van der Waals surface area contributed by atoms with Crippen LogP contribution >= 0.6 is 11.3 Å². The van der Waals surface area contributed by atoms with Crippen molar-refractivity contribution in [3.05, 3.63) is 47.1 Å². The zero-order chi connectivity index (χ0) is 16.7. The first-order chi connectivity index (χ1) is 12.3. The van der Waals surface area contributed by atoms with Crippen LogP contribution in [0.5, 0.6) is 0 Å². The van der Waals surface area contributed by atoms with Gasteiger partial charge in [0.2, 0.25) is 0 Å². The Kier molecular flexibility index (Phi) is 3.80. The molecule has 2 aliphatic rings. The number of hydrogen-bond acceptors (Lipinski definition) is 6. The average molecular weight is 354 g/mol. The Morgan fingerprint density at radius 2 is 2.12 bits per heavy atom. The van der Waals surface area contributed by atoms with Crippen molar-refractivity contribution < 1.29 is 0 Å². The summed E-state index contributed by atoms with van der Waals surface area (Å²) in [5, 5.41) is 6.78. The van der Waals surface area contributed by atoms with E-state index in [2.05, 4.69) is 34.9 Å². The minimum absolute atomic E-state index is 0.518. The second-order valence-electron chi connectivity index (χ2n) is 7.22. The highest BCUT2D eigenvalue weighted by atomic mass is 32.1. The summed E-state index contributed by atoms with van der Waals surface area (Å²) >= 11 is 1.75. The van der Waals surface area contributed by atoms with Crippen molar-refractivity contribution in [2.45, 2.75) is 38.4 Å². The quantitative estimate of drug-likeness (QED) is 0.762. The molecule has 25 heavy (non-hydrogen) atoms. The van der Waals surface area contributed by atoms with Gasteiger partial charge in [0, 0.05) is 36.6 Å². The molecule has 3 aromatic heterocycles. The molecule has 4 heterocycles. The maximum Gasteiger partial charge on any atom is 0.155 e. The topological polar surface area (TPSA) is 58.4 Å². The number of imidazole rings is 1. The molecule has 5 rings (SSSR count). The van der Waals surface area contributed by atoms with Gasteiger partial charge in [0.15, 0.2) is 5.65 Å². The van der Waals surface area contributed by atoms with Crippen LogP contribution < -0.4 is 5.32 Å². The Balaban J connectivity index is 1.41. The molecule has 1 saturated heterocycles. The van der Waals surface area contributed by atoms with Gasteiger partial charge in [-0.15, -0.1) is 11.3 Å². The van der Waals surface area contributed by atoms with Gasteiger partial charge < -0.3 is 5.32 Å². The van der Waals surface area contributed by atoms with Crippen molar-refractivity contribution in [2.24, 2.45) is 5.41 Å². The highest BCUT2D eigenvalue weighted by Gasteiger charge is 2.56. The summed E-state index contributed by atoms with van der Waals surface area (Å²) < 4.78 is 2.15. The lowest BCUT2D eigenvalue weighted by Gasteiger charge is -2.29. The van der Waals surface area contributed by atoms with Gasteiger partial charge in [0.1, 0.15) is 5.01 Å². The van der Waals surface area contributed by atoms with E-state index in [4.69, 9.17) is 0 Å². The average Bonchev–Trinajstić information content (AvgIpc) is 3.03. The third kappa shape index (κ3) is 2.86. The molecule has 1 spiro atoms. The number of fused-ring (bicyclic) bond motifs is 1. The highest BCUT2D eigenvalue weighted by molar-refractivity contribution is 7.09. The molecule has 0 bridgehead atoms. The van der Waals surface area contributed by atoms with E-state index in [9.17, 15) is 0 Å². The minimum Gasteiger partial charge on any atom is -0.317 e. The van der Waals surface area contributed by atoms with Crippen LogP contribution in [-0.2, 0) is 13.1 Å². The van der Waals surface area contributed by atoms with E-state index in [1.807, 2.05) is 31.0 Å². The molecular weight excluding hydrogens is 332 g/mol. The predicted molar refractivity (Wildman–Crippen MR) is 97.3 cm³/mol. The Labute approximate surface area is 150 Å². The van der Waals surface area contributed by atoms with Crippen molar-refractivity contribution in [1.29, 1.82) is 0 Å². The Morgan fingerprint density at radius 1 is 1.20 bits per heavy atom. The third-order valence-corrected chi connectivity index (χ3v) is 6.53. The first kappa shape index (κ1) is 15.4. The van der Waals surface area contributed by atoms with E-state index < -0.39 is 0 Å². The van der Waals surface area contributed by atoms with E-state index in [1.165, 1.54) is 30.0 Å². The number of thiazole rings is 1. The van der Waals surface area contributed by atoms with Crippen molar-refractivity contribution in [3.63, 3.8) is 0 Å². The first-order valence-corrected chi connectivity index (χ1v) is 9.81. The second-order valence-corrected chi connectivity index (χ2v) is 8.20. The number of rotatable bonds is 5. The van der Waals surface area contributed by atoms with Crippen molar-refractivity contribution in [2.75, 3.05) is 13.1 Å². The number of aromatic nitrogens is 4. The molecule has 0 amide bonds. The number of hydrogen-bond donors (Lipinski definition) is 1. The standard InChI is InChI=1S/C18H22N6S/c1-3-19-4-2-18(1)9-15(18)23(13-17-21-6-8-25-17)12-14-10-22-16-11-20-5-7-24(14)16/h5-8,10-11,15,19H,1-4,9,12-13H2/t15-/m0/s1. The molecule has 7 heteroatoms. The van der Waals surface area contributed by atoms with Gasteiger partial charge >= 0.3 is 0 Å². The number of nitrogens with zero attached hydrogens (tertiary/aromatic N) is 5. The van der Waals surface area contributed by atoms with Crippen molar-refractivity contribution >= 4 is 17.0 Å². The van der Waals surface area contributed by atoms with Crippen LogP contribution in [0.2, 0.25) is 0 Å². The van der Waals surface area contributed by atoms with Crippen LogP contribution in [0.4, 0.5) is 0 Å². The van der Waals surface area contributed by atoms with Crippen LogP contribution in [0, 0.1) is 5.41 Å². The zero-order valence-corrected chi connectivity index (χ0v) is 15.0. The third-order valence-electron chi connectivity index (χ3n) is 5.77. The lowest BCUT2D eigenvalue weighted by atomic mass is 9.93. The largest absolute Gasteiger partial charge is 0.317 e. The minimum atomic E-state index is 0.518. The Bertz CT molecular complexity index is 851. The Hall–Kier alpha value is -1.83. The molecule has 0 unspecified atom stereocenters. The summed E-state index contributed by atoms with van der Waals surface area (Å²) in [5.74, 6) is 0. The van der Waals surface area contributed by atoms with Gasteiger partial charge in [-0.05, 0) is 37.8 Å². The van der Waals surface area contributed by atoms with Crippen molar-refractivity contribution in [1.82, 2.24) is 29.6 Å². The van der Waals surface area contributed by atoms with E-state index >= 15 is 0 Å². The number of nitrogens with one attached hydrogen (secondary N) is 1. The van der Waals surface area contributed by atoms with Crippen molar-refractivity contribution in [3.8, 4) is 0 Å². The van der Waals surface area contributed by atoms with E-state index in [0.29, 0.717) is 11.5 Å². The summed E-state index contributed by atoms with van der Waals surface area (Å²) in [6.07, 6.45) is 13.5. The highest BCUT2D eigenvalue weighted by Crippen LogP contribution is 2.56. The van der Waals surface area contributed by atoms with E-state index in [0.717, 1.165) is 31.8 Å². The maximum absolute atomic E-state index is 4.52. The first-order valence-electron chi connectivity index (χ1n) is 8.93. The lowest BCUT2D eigenvalue weighted by Crippen LogP contribution is -2.36. The smallest absolute Gasteiger partial charge is 0.155 e. The molecule has 2 fully saturated rings. The summed E-state index contributed by atoms with van der Waals surface area (Å²) in [6, 6.07) is 0.658. The predicted octanol–water partition coefficient (Wildman–Crippen LogP) is 2.33. The van der Waals surface area contributed by atoms with E-state index in [-0.39, 0.29) is 0 Å². The van der Waals surface area contributed by atoms with Crippen LogP contribution in [0.25, 0.3) is 5.65 Å². The molecule has 1 aliphatic heterocycles. The zero-order valence-electron chi connectivity index (χ0n) is 14.1. The van der Waals surface area contributed by atoms with Gasteiger partial charge in [0.05, 0.1) is 24.6 Å². The molecule has 130 valence electrons. The SMILES string of the molecule is c1cn2c(CN(Cc3nccs3)[C@H]3CC34CCNCC4)cnc2cn1. The molecule has 1 N–H and O–H groups in total. The summed E-state index contributed by atoms with van der Waals surface area (Å²) in [7, 11) is 0. The molecule has 6 nitrogen and oxygen atoms in total. The molecular formula is C18H22N6S. The molecule has 1 atom stereocenters. The van der Waals surface area contributed by atoms with E-state index in [1.54, 1.807) is 11.3 Å². The second kappa shape index (κ2) is 6.16. The fourth-order valence-corrected chi connectivity index (χ4v) is 4.95. The van der Waals surface area contributed by atoms with Crippen LogP contribution in [0.1, 0.15) is 30.0 Å². The number of piperidine rings is 1. The van der Waals surface area contributed by atoms with Gasteiger partial charge in [0.25, 0.3) is 0 Å². The Morgan fingerprint density at radius 3 is 2.96 bits per heavy atom. The maximum atomic E-state index is 4.52. The molecule has 3 aromatic rings. The molecule has 0 radical (unpaired) electrons. The van der Waals surface area contributed by atoms with Crippen LogP contribution in [0.3, 0.4) is 0 Å².